The molecule has 1 aliphatic carbocycles. The third-order valence-corrected chi connectivity index (χ3v) is 10.2. The SMILES string of the molecule is CC1(CP(=O)(c2ccccc2)c2ccccc2)CCCCCCCCCCCC1. The Balaban J connectivity index is 1.85. The van der Waals surface area contributed by atoms with Crippen LogP contribution in [0.25, 0.3) is 0 Å². The number of hydrogen-bond donors (Lipinski definition) is 0. The molecule has 1 nitrogen and oxygen atoms in total. The normalized spacial score (nSPS) is 19.5. The van der Waals surface area contributed by atoms with Gasteiger partial charge in [0.1, 0.15) is 7.14 Å². The molecule has 0 spiro atoms. The van der Waals surface area contributed by atoms with E-state index in [4.69, 9.17) is 0 Å². The second-order valence-corrected chi connectivity index (χ2v) is 12.2. The van der Waals surface area contributed by atoms with E-state index in [-0.39, 0.29) is 5.41 Å². The van der Waals surface area contributed by atoms with E-state index in [0.717, 1.165) is 16.8 Å². The van der Waals surface area contributed by atoms with Gasteiger partial charge in [0, 0.05) is 16.8 Å². The molecule has 2 heteroatoms. The smallest absolute Gasteiger partial charge is 0.143 e. The molecule has 1 saturated carbocycles. The minimum absolute atomic E-state index is 0.148. The molecule has 0 aliphatic heterocycles. The third kappa shape index (κ3) is 6.58. The zero-order valence-corrected chi connectivity index (χ0v) is 19.2. The summed E-state index contributed by atoms with van der Waals surface area (Å²) >= 11 is 0. The quantitative estimate of drug-likeness (QED) is 0.472. The van der Waals surface area contributed by atoms with E-state index >= 15 is 0 Å². The summed E-state index contributed by atoms with van der Waals surface area (Å²) in [5.74, 6) is 0. The van der Waals surface area contributed by atoms with E-state index in [1.165, 1.54) is 77.0 Å². The van der Waals surface area contributed by atoms with Gasteiger partial charge in [-0.15, -0.1) is 0 Å². The first kappa shape index (κ1) is 22.4. The van der Waals surface area contributed by atoms with Crippen LogP contribution < -0.4 is 10.6 Å². The monoisotopic (exact) mass is 410 g/mol. The lowest BCUT2D eigenvalue weighted by atomic mass is 9.81. The summed E-state index contributed by atoms with van der Waals surface area (Å²) in [6, 6.07) is 20.5. The Kier molecular flexibility index (Phi) is 8.61. The number of benzene rings is 2. The summed E-state index contributed by atoms with van der Waals surface area (Å²) in [4.78, 5) is 0. The maximum Gasteiger partial charge on any atom is 0.143 e. The van der Waals surface area contributed by atoms with Crippen molar-refractivity contribution in [1.29, 1.82) is 0 Å². The molecule has 1 aliphatic rings. The molecule has 0 aromatic heterocycles. The average Bonchev–Trinajstić information content (AvgIpc) is 2.77. The average molecular weight is 411 g/mol. The van der Waals surface area contributed by atoms with Crippen molar-refractivity contribution < 1.29 is 4.57 Å². The third-order valence-electron chi connectivity index (χ3n) is 6.76. The van der Waals surface area contributed by atoms with Crippen molar-refractivity contribution >= 4 is 17.8 Å². The zero-order chi connectivity index (χ0) is 20.4. The minimum atomic E-state index is -2.64. The second-order valence-electron chi connectivity index (χ2n) is 9.42. The highest BCUT2D eigenvalue weighted by atomic mass is 31.2. The molecule has 0 heterocycles. The topological polar surface area (TPSA) is 17.1 Å². The lowest BCUT2D eigenvalue weighted by Crippen LogP contribution is -2.29. The standard InChI is InChI=1S/C27H39OP/c1-27(22-16-8-6-4-2-3-5-7-9-17-23-27)24-29(28,25-18-12-10-13-19-25)26-20-14-11-15-21-26/h10-15,18-21H,2-9,16-17,22-24H2,1H3. The maximum atomic E-state index is 14.6. The largest absolute Gasteiger partial charge is 0.314 e. The predicted octanol–water partition coefficient (Wildman–Crippen LogP) is 7.70. The van der Waals surface area contributed by atoms with Crippen molar-refractivity contribution in [2.24, 2.45) is 5.41 Å². The van der Waals surface area contributed by atoms with Crippen molar-refractivity contribution in [1.82, 2.24) is 0 Å². The van der Waals surface area contributed by atoms with Crippen LogP contribution in [0.1, 0.15) is 84.0 Å². The van der Waals surface area contributed by atoms with Crippen LogP contribution in [0, 0.1) is 5.41 Å². The van der Waals surface area contributed by atoms with Crippen LogP contribution in [0.5, 0.6) is 0 Å². The van der Waals surface area contributed by atoms with Gasteiger partial charge in [-0.3, -0.25) is 0 Å². The summed E-state index contributed by atoms with van der Waals surface area (Å²) in [5.41, 5.74) is 0.148. The number of hydrogen-bond acceptors (Lipinski definition) is 1. The van der Waals surface area contributed by atoms with Gasteiger partial charge in [-0.2, -0.15) is 0 Å². The fraction of sp³-hybridized carbons (Fsp3) is 0.556. The Morgan fingerprint density at radius 1 is 0.621 bits per heavy atom. The number of rotatable bonds is 4. The molecule has 0 radical (unpaired) electrons. The van der Waals surface area contributed by atoms with Crippen molar-refractivity contribution in [3.8, 4) is 0 Å². The van der Waals surface area contributed by atoms with Gasteiger partial charge in [0.25, 0.3) is 0 Å². The van der Waals surface area contributed by atoms with Crippen molar-refractivity contribution in [3.63, 3.8) is 0 Å². The molecule has 2 aromatic rings. The molecule has 2 aromatic carbocycles. The van der Waals surface area contributed by atoms with E-state index in [2.05, 4.69) is 31.2 Å². The zero-order valence-electron chi connectivity index (χ0n) is 18.3. The van der Waals surface area contributed by atoms with Crippen molar-refractivity contribution in [2.75, 3.05) is 6.16 Å². The molecule has 0 saturated heterocycles. The molecule has 0 bridgehead atoms. The highest BCUT2D eigenvalue weighted by molar-refractivity contribution is 7.78. The molecular weight excluding hydrogens is 371 g/mol. The molecule has 0 amide bonds. The van der Waals surface area contributed by atoms with Gasteiger partial charge in [0.15, 0.2) is 0 Å². The van der Waals surface area contributed by atoms with Gasteiger partial charge in [-0.25, -0.2) is 0 Å². The van der Waals surface area contributed by atoms with Crippen molar-refractivity contribution in [3.05, 3.63) is 60.7 Å². The molecule has 3 rings (SSSR count). The first-order valence-electron chi connectivity index (χ1n) is 11.8. The Morgan fingerprint density at radius 2 is 0.966 bits per heavy atom. The van der Waals surface area contributed by atoms with Crippen LogP contribution in [-0.2, 0) is 4.57 Å². The van der Waals surface area contributed by atoms with Gasteiger partial charge in [-0.05, 0) is 18.3 Å². The molecule has 1 fully saturated rings. The maximum absolute atomic E-state index is 14.6. The molecule has 0 unspecified atom stereocenters. The van der Waals surface area contributed by atoms with Crippen LogP contribution in [-0.4, -0.2) is 6.16 Å². The highest BCUT2D eigenvalue weighted by Crippen LogP contribution is 2.51. The van der Waals surface area contributed by atoms with E-state index in [1.54, 1.807) is 0 Å². The Morgan fingerprint density at radius 3 is 1.34 bits per heavy atom. The fourth-order valence-electron chi connectivity index (χ4n) is 5.01. The molecular formula is C27H39OP. The van der Waals surface area contributed by atoms with Crippen LogP contribution in [0.3, 0.4) is 0 Å². The minimum Gasteiger partial charge on any atom is -0.314 e. The summed E-state index contributed by atoms with van der Waals surface area (Å²) in [6.45, 7) is 2.42. The Labute approximate surface area is 178 Å². The first-order valence-corrected chi connectivity index (χ1v) is 13.7. The van der Waals surface area contributed by atoms with Crippen LogP contribution in [0.4, 0.5) is 0 Å². The molecule has 29 heavy (non-hydrogen) atoms. The van der Waals surface area contributed by atoms with Gasteiger partial charge < -0.3 is 4.57 Å². The van der Waals surface area contributed by atoms with E-state index in [0.29, 0.717) is 0 Å². The molecule has 158 valence electrons. The van der Waals surface area contributed by atoms with Crippen LogP contribution >= 0.6 is 7.14 Å². The van der Waals surface area contributed by atoms with Crippen molar-refractivity contribution in [2.45, 2.75) is 84.0 Å². The summed E-state index contributed by atoms with van der Waals surface area (Å²) in [5, 5.41) is 2.05. The summed E-state index contributed by atoms with van der Waals surface area (Å²) < 4.78 is 14.6. The van der Waals surface area contributed by atoms with E-state index < -0.39 is 7.14 Å². The van der Waals surface area contributed by atoms with E-state index in [1.807, 2.05) is 36.4 Å². The first-order chi connectivity index (χ1) is 14.1. The molecule has 0 atom stereocenters. The summed E-state index contributed by atoms with van der Waals surface area (Å²) in [6.07, 6.45) is 16.8. The van der Waals surface area contributed by atoms with Crippen LogP contribution in [0.2, 0.25) is 0 Å². The van der Waals surface area contributed by atoms with Gasteiger partial charge >= 0.3 is 0 Å². The lowest BCUT2D eigenvalue weighted by molar-refractivity contribution is 0.286. The predicted molar refractivity (Wildman–Crippen MR) is 128 cm³/mol. The van der Waals surface area contributed by atoms with Gasteiger partial charge in [0.2, 0.25) is 0 Å². The van der Waals surface area contributed by atoms with Crippen LogP contribution in [0.15, 0.2) is 60.7 Å². The fourth-order valence-corrected chi connectivity index (χ4v) is 8.37. The highest BCUT2D eigenvalue weighted by Gasteiger charge is 2.36. The van der Waals surface area contributed by atoms with Gasteiger partial charge in [-0.1, -0.05) is 132 Å². The lowest BCUT2D eigenvalue weighted by Gasteiger charge is -2.34. The Hall–Kier alpha value is -1.33. The molecule has 0 N–H and O–H groups in total. The summed E-state index contributed by atoms with van der Waals surface area (Å²) in [7, 11) is -2.64. The Bertz CT molecular complexity index is 695. The van der Waals surface area contributed by atoms with E-state index in [9.17, 15) is 4.57 Å². The second kappa shape index (κ2) is 11.2. The van der Waals surface area contributed by atoms with Gasteiger partial charge in [0.05, 0.1) is 0 Å².